The van der Waals surface area contributed by atoms with Crippen LogP contribution in [0.2, 0.25) is 0 Å². The van der Waals surface area contributed by atoms with E-state index in [0.29, 0.717) is 18.1 Å². The third-order valence-corrected chi connectivity index (χ3v) is 2.79. The maximum atomic E-state index is 13.5. The molecule has 0 saturated carbocycles. The lowest BCUT2D eigenvalue weighted by atomic mass is 10.1. The number of nitrogens with one attached hydrogen (secondary N) is 1. The minimum absolute atomic E-state index is 0.00715. The van der Waals surface area contributed by atoms with Gasteiger partial charge in [-0.05, 0) is 32.0 Å². The van der Waals surface area contributed by atoms with E-state index in [2.05, 4.69) is 10.3 Å². The number of hydrogen-bond acceptors (Lipinski definition) is 4. The van der Waals surface area contributed by atoms with Crippen LogP contribution in [-0.4, -0.2) is 11.1 Å². The van der Waals surface area contributed by atoms with Gasteiger partial charge in [0.25, 0.3) is 0 Å². The molecule has 0 fully saturated rings. The fourth-order valence-corrected chi connectivity index (χ4v) is 1.86. The molecule has 2 rings (SSSR count). The van der Waals surface area contributed by atoms with Crippen molar-refractivity contribution in [3.05, 3.63) is 53.5 Å². The summed E-state index contributed by atoms with van der Waals surface area (Å²) in [5.74, 6) is 0.00208. The Kier molecular flexibility index (Phi) is 4.72. The number of nitrogens with zero attached hydrogens (tertiary/aromatic N) is 2. The highest BCUT2D eigenvalue weighted by atomic mass is 19.1. The lowest BCUT2D eigenvalue weighted by Crippen LogP contribution is -2.11. The van der Waals surface area contributed by atoms with Crippen LogP contribution in [0.15, 0.2) is 36.5 Å². The Balaban J connectivity index is 2.18. The second-order valence-corrected chi connectivity index (χ2v) is 4.76. The van der Waals surface area contributed by atoms with E-state index in [1.54, 1.807) is 24.4 Å². The van der Waals surface area contributed by atoms with Crippen molar-refractivity contribution in [2.75, 3.05) is 5.32 Å². The second kappa shape index (κ2) is 6.71. The summed E-state index contributed by atoms with van der Waals surface area (Å²) in [6.07, 6.45) is 1.67. The van der Waals surface area contributed by atoms with Gasteiger partial charge in [-0.3, -0.25) is 0 Å². The van der Waals surface area contributed by atoms with Crippen molar-refractivity contribution in [1.82, 2.24) is 4.98 Å². The minimum Gasteiger partial charge on any atom is -0.475 e. The normalized spacial score (nSPS) is 10.2. The van der Waals surface area contributed by atoms with Crippen LogP contribution in [0.5, 0.6) is 5.88 Å². The third-order valence-electron chi connectivity index (χ3n) is 2.79. The van der Waals surface area contributed by atoms with Gasteiger partial charge in [-0.1, -0.05) is 12.1 Å². The number of aromatic nitrogens is 1. The Morgan fingerprint density at radius 1 is 1.33 bits per heavy atom. The maximum absolute atomic E-state index is 13.5. The molecule has 5 heteroatoms. The van der Waals surface area contributed by atoms with Crippen LogP contribution in [0.4, 0.5) is 10.1 Å². The molecule has 0 unspecified atom stereocenters. The van der Waals surface area contributed by atoms with E-state index in [1.165, 1.54) is 6.07 Å². The van der Waals surface area contributed by atoms with Gasteiger partial charge in [-0.2, -0.15) is 5.26 Å². The molecule has 0 bridgehead atoms. The SMILES string of the molecule is CC(C)Oc1ncccc1CNc1cccc(F)c1C#N. The Hall–Kier alpha value is -2.61. The number of halogens is 1. The largest absolute Gasteiger partial charge is 0.475 e. The summed E-state index contributed by atoms with van der Waals surface area (Å²) >= 11 is 0. The first kappa shape index (κ1) is 14.8. The topological polar surface area (TPSA) is 57.9 Å². The van der Waals surface area contributed by atoms with Crippen LogP contribution in [0, 0.1) is 17.1 Å². The molecular weight excluding hydrogens is 269 g/mol. The van der Waals surface area contributed by atoms with Crippen molar-refractivity contribution >= 4 is 5.69 Å². The predicted molar refractivity (Wildman–Crippen MR) is 78.4 cm³/mol. The van der Waals surface area contributed by atoms with Crippen LogP contribution in [0.3, 0.4) is 0 Å². The first-order valence-electron chi connectivity index (χ1n) is 6.65. The van der Waals surface area contributed by atoms with Gasteiger partial charge >= 0.3 is 0 Å². The Morgan fingerprint density at radius 3 is 2.86 bits per heavy atom. The van der Waals surface area contributed by atoms with Crippen LogP contribution in [0.1, 0.15) is 25.0 Å². The van der Waals surface area contributed by atoms with Crippen LogP contribution >= 0.6 is 0 Å². The molecule has 4 nitrogen and oxygen atoms in total. The molecule has 0 atom stereocenters. The molecule has 0 aliphatic carbocycles. The number of rotatable bonds is 5. The zero-order valence-corrected chi connectivity index (χ0v) is 11.9. The summed E-state index contributed by atoms with van der Waals surface area (Å²) in [6, 6.07) is 10.0. The van der Waals surface area contributed by atoms with E-state index in [-0.39, 0.29) is 11.7 Å². The molecule has 1 heterocycles. The summed E-state index contributed by atoms with van der Waals surface area (Å²) in [6.45, 7) is 4.24. The van der Waals surface area contributed by atoms with Crippen molar-refractivity contribution < 1.29 is 9.13 Å². The molecule has 0 aliphatic heterocycles. The molecule has 0 radical (unpaired) electrons. The molecule has 2 aromatic rings. The van der Waals surface area contributed by atoms with E-state index in [9.17, 15) is 4.39 Å². The Bertz CT molecular complexity index is 665. The van der Waals surface area contributed by atoms with Gasteiger partial charge in [0.1, 0.15) is 17.4 Å². The van der Waals surface area contributed by atoms with Gasteiger partial charge in [0, 0.05) is 18.3 Å². The molecule has 1 aromatic heterocycles. The van der Waals surface area contributed by atoms with Crippen LogP contribution in [0.25, 0.3) is 0 Å². The highest BCUT2D eigenvalue weighted by Gasteiger charge is 2.10. The fraction of sp³-hybridized carbons (Fsp3) is 0.250. The molecule has 0 spiro atoms. The summed E-state index contributed by atoms with van der Waals surface area (Å²) in [4.78, 5) is 4.19. The van der Waals surface area contributed by atoms with Gasteiger partial charge in [-0.25, -0.2) is 9.37 Å². The Labute approximate surface area is 123 Å². The number of anilines is 1. The fourth-order valence-electron chi connectivity index (χ4n) is 1.86. The van der Waals surface area contributed by atoms with Crippen LogP contribution in [-0.2, 0) is 6.54 Å². The van der Waals surface area contributed by atoms with E-state index in [0.717, 1.165) is 5.56 Å². The smallest absolute Gasteiger partial charge is 0.218 e. The maximum Gasteiger partial charge on any atom is 0.218 e. The van der Waals surface area contributed by atoms with Gasteiger partial charge in [0.15, 0.2) is 0 Å². The van der Waals surface area contributed by atoms with Gasteiger partial charge in [-0.15, -0.1) is 0 Å². The van der Waals surface area contributed by atoms with Crippen molar-refractivity contribution in [3.8, 4) is 11.9 Å². The van der Waals surface area contributed by atoms with Crippen molar-refractivity contribution in [2.24, 2.45) is 0 Å². The van der Waals surface area contributed by atoms with E-state index in [1.807, 2.05) is 26.0 Å². The molecule has 0 saturated heterocycles. The summed E-state index contributed by atoms with van der Waals surface area (Å²) in [5.41, 5.74) is 1.31. The van der Waals surface area contributed by atoms with Gasteiger partial charge in [0.05, 0.1) is 11.8 Å². The molecular formula is C16H16FN3O. The highest BCUT2D eigenvalue weighted by Crippen LogP contribution is 2.21. The average Bonchev–Trinajstić information content (AvgIpc) is 2.46. The van der Waals surface area contributed by atoms with Crippen LogP contribution < -0.4 is 10.1 Å². The number of nitriles is 1. The lowest BCUT2D eigenvalue weighted by molar-refractivity contribution is 0.230. The zero-order chi connectivity index (χ0) is 15.2. The van der Waals surface area contributed by atoms with Gasteiger partial charge < -0.3 is 10.1 Å². The molecule has 1 aromatic carbocycles. The number of hydrogen-bond donors (Lipinski definition) is 1. The first-order chi connectivity index (χ1) is 10.1. The first-order valence-corrected chi connectivity index (χ1v) is 6.65. The summed E-state index contributed by atoms with van der Waals surface area (Å²) < 4.78 is 19.2. The molecule has 0 aliphatic rings. The van der Waals surface area contributed by atoms with E-state index in [4.69, 9.17) is 10.00 Å². The predicted octanol–water partition coefficient (Wildman–Crippen LogP) is 3.49. The quantitative estimate of drug-likeness (QED) is 0.913. The zero-order valence-electron chi connectivity index (χ0n) is 11.9. The number of benzene rings is 1. The van der Waals surface area contributed by atoms with Gasteiger partial charge in [0.2, 0.25) is 5.88 Å². The highest BCUT2D eigenvalue weighted by molar-refractivity contribution is 5.58. The lowest BCUT2D eigenvalue weighted by Gasteiger charge is -2.14. The molecule has 108 valence electrons. The summed E-state index contributed by atoms with van der Waals surface area (Å²) in [5, 5.41) is 12.1. The van der Waals surface area contributed by atoms with E-state index >= 15 is 0 Å². The molecule has 0 amide bonds. The van der Waals surface area contributed by atoms with E-state index < -0.39 is 5.82 Å². The Morgan fingerprint density at radius 2 is 2.14 bits per heavy atom. The minimum atomic E-state index is -0.535. The number of pyridine rings is 1. The number of ether oxygens (including phenoxy) is 1. The monoisotopic (exact) mass is 285 g/mol. The average molecular weight is 285 g/mol. The molecule has 1 N–H and O–H groups in total. The molecule has 21 heavy (non-hydrogen) atoms. The third kappa shape index (κ3) is 3.69. The summed E-state index contributed by atoms with van der Waals surface area (Å²) in [7, 11) is 0. The van der Waals surface area contributed by atoms with Crippen molar-refractivity contribution in [1.29, 1.82) is 5.26 Å². The standard InChI is InChI=1S/C16H16FN3O/c1-11(2)21-16-12(5-4-8-19-16)10-20-15-7-3-6-14(17)13(15)9-18/h3-8,11,20H,10H2,1-2H3. The van der Waals surface area contributed by atoms with Crippen molar-refractivity contribution in [3.63, 3.8) is 0 Å². The van der Waals surface area contributed by atoms with Crippen molar-refractivity contribution in [2.45, 2.75) is 26.5 Å². The second-order valence-electron chi connectivity index (χ2n) is 4.76.